The molecule has 0 saturated carbocycles. The predicted octanol–water partition coefficient (Wildman–Crippen LogP) is 6.56. The van der Waals surface area contributed by atoms with Crippen LogP contribution in [-0.2, 0) is 11.4 Å². The lowest BCUT2D eigenvalue weighted by molar-refractivity contribution is -0.112. The van der Waals surface area contributed by atoms with Crippen molar-refractivity contribution in [3.63, 3.8) is 0 Å². The molecule has 0 saturated heterocycles. The predicted molar refractivity (Wildman–Crippen MR) is 132 cm³/mol. The molecule has 0 atom stereocenters. The van der Waals surface area contributed by atoms with Crippen molar-refractivity contribution in [2.24, 2.45) is 0 Å². The van der Waals surface area contributed by atoms with Gasteiger partial charge in [0.2, 0.25) is 0 Å². The summed E-state index contributed by atoms with van der Waals surface area (Å²) in [5, 5.41) is 2.96. The lowest BCUT2D eigenvalue weighted by Gasteiger charge is -2.19. The first-order chi connectivity index (χ1) is 13.6. The second kappa shape index (κ2) is 8.87. The van der Waals surface area contributed by atoms with Crippen molar-refractivity contribution < 1.29 is 9.53 Å². The Bertz CT molecular complexity index is 1070. The lowest BCUT2D eigenvalue weighted by Crippen LogP contribution is -2.17. The number of anilines is 1. The third kappa shape index (κ3) is 4.55. The van der Waals surface area contributed by atoms with E-state index < -0.39 is 0 Å². The molecule has 1 amide bonds. The molecule has 0 fully saturated rings. The number of ether oxygens (including phenoxy) is 1. The second-order valence-corrected chi connectivity index (χ2v) is 9.63. The third-order valence-corrected chi connectivity index (χ3v) is 6.65. The van der Waals surface area contributed by atoms with Gasteiger partial charge in [0, 0.05) is 14.0 Å². The highest BCUT2D eigenvalue weighted by Gasteiger charge is 2.21. The number of nitrogens with one attached hydrogen (secondary N) is 1. The summed E-state index contributed by atoms with van der Waals surface area (Å²) in [6, 6.07) is 22.0. The van der Waals surface area contributed by atoms with Gasteiger partial charge in [-0.25, -0.2) is 0 Å². The fraction of sp³-hybridized carbons (Fsp3) is 0.0455. The van der Waals surface area contributed by atoms with Gasteiger partial charge in [0.1, 0.15) is 12.4 Å². The van der Waals surface area contributed by atoms with Gasteiger partial charge in [-0.1, -0.05) is 54.2 Å². The normalized spacial score (nSPS) is 14.5. The zero-order valence-electron chi connectivity index (χ0n) is 14.6. The van der Waals surface area contributed by atoms with E-state index in [1.165, 1.54) is 11.8 Å². The van der Waals surface area contributed by atoms with Gasteiger partial charge in [-0.3, -0.25) is 4.79 Å². The van der Waals surface area contributed by atoms with E-state index in [0.717, 1.165) is 34.6 Å². The minimum absolute atomic E-state index is 0.0911. The smallest absolute Gasteiger partial charge is 0.262 e. The summed E-state index contributed by atoms with van der Waals surface area (Å²) < 4.78 is 8.28. The van der Waals surface area contributed by atoms with Crippen LogP contribution in [0.15, 0.2) is 76.5 Å². The van der Waals surface area contributed by atoms with E-state index in [4.69, 9.17) is 4.74 Å². The summed E-state index contributed by atoms with van der Waals surface area (Å²) in [7, 11) is 0. The molecule has 4 rings (SSSR count). The Balaban J connectivity index is 1.67. The summed E-state index contributed by atoms with van der Waals surface area (Å²) in [4.78, 5) is 14.3. The van der Waals surface area contributed by atoms with Gasteiger partial charge in [-0.2, -0.15) is 0 Å². The van der Waals surface area contributed by atoms with Crippen molar-refractivity contribution >= 4 is 74.6 Å². The van der Waals surface area contributed by atoms with Crippen LogP contribution >= 0.6 is 56.9 Å². The van der Waals surface area contributed by atoms with Gasteiger partial charge >= 0.3 is 0 Å². The van der Waals surface area contributed by atoms with Crippen molar-refractivity contribution in [2.45, 2.75) is 11.5 Å². The number of hydrogen-bond donors (Lipinski definition) is 1. The molecular formula is C22H15I2NO2S. The van der Waals surface area contributed by atoms with Crippen molar-refractivity contribution in [2.75, 3.05) is 5.32 Å². The molecule has 0 bridgehead atoms. The van der Waals surface area contributed by atoms with Crippen LogP contribution in [0.25, 0.3) is 6.08 Å². The zero-order chi connectivity index (χ0) is 19.5. The number of rotatable bonds is 4. The summed E-state index contributed by atoms with van der Waals surface area (Å²) >= 11 is 6.06. The maximum atomic E-state index is 12.6. The number of amides is 1. The fourth-order valence-corrected chi connectivity index (χ4v) is 5.80. The summed E-state index contributed by atoms with van der Waals surface area (Å²) in [6.07, 6.45) is 1.92. The number of carbonyl (C=O) groups is 1. The topological polar surface area (TPSA) is 38.3 Å². The first-order valence-electron chi connectivity index (χ1n) is 8.56. The van der Waals surface area contributed by atoms with Crippen LogP contribution in [0.2, 0.25) is 0 Å². The molecule has 0 aromatic heterocycles. The van der Waals surface area contributed by atoms with Crippen molar-refractivity contribution in [3.8, 4) is 5.75 Å². The lowest BCUT2D eigenvalue weighted by atomic mass is 10.1. The van der Waals surface area contributed by atoms with E-state index in [2.05, 4.69) is 56.6 Å². The van der Waals surface area contributed by atoms with Gasteiger partial charge in [0.05, 0.1) is 14.2 Å². The molecule has 3 aromatic rings. The number of para-hydroxylation sites is 1. The van der Waals surface area contributed by atoms with E-state index in [-0.39, 0.29) is 5.91 Å². The van der Waals surface area contributed by atoms with Gasteiger partial charge in [0.15, 0.2) is 0 Å². The fourth-order valence-electron chi connectivity index (χ4n) is 2.81. The summed E-state index contributed by atoms with van der Waals surface area (Å²) in [6.45, 7) is 0.482. The Morgan fingerprint density at radius 3 is 2.57 bits per heavy atom. The second-order valence-electron chi connectivity index (χ2n) is 6.14. The number of hydrogen-bond acceptors (Lipinski definition) is 3. The van der Waals surface area contributed by atoms with Gasteiger partial charge < -0.3 is 10.1 Å². The van der Waals surface area contributed by atoms with E-state index in [9.17, 15) is 4.79 Å². The van der Waals surface area contributed by atoms with E-state index in [0.29, 0.717) is 11.5 Å². The third-order valence-electron chi connectivity index (χ3n) is 4.13. The molecule has 140 valence electrons. The molecule has 6 heteroatoms. The monoisotopic (exact) mass is 611 g/mol. The first-order valence-corrected chi connectivity index (χ1v) is 11.5. The Labute approximate surface area is 195 Å². The average Bonchev–Trinajstić information content (AvgIpc) is 2.68. The maximum Gasteiger partial charge on any atom is 0.262 e. The molecule has 3 nitrogen and oxygen atoms in total. The molecule has 0 spiro atoms. The molecular weight excluding hydrogens is 596 g/mol. The number of carbonyl (C=O) groups excluding carboxylic acids is 1. The van der Waals surface area contributed by atoms with Crippen LogP contribution in [0.5, 0.6) is 5.75 Å². The summed E-state index contributed by atoms with van der Waals surface area (Å²) in [5.74, 6) is 0.705. The minimum Gasteiger partial charge on any atom is -0.487 e. The van der Waals surface area contributed by atoms with Crippen LogP contribution < -0.4 is 10.1 Å². The molecule has 1 aliphatic heterocycles. The quantitative estimate of drug-likeness (QED) is 0.269. The SMILES string of the molecule is O=C1Nc2ccccc2S/C1=C\c1cc(I)cc(I)c1OCc1ccccc1. The summed E-state index contributed by atoms with van der Waals surface area (Å²) in [5.41, 5.74) is 2.87. The van der Waals surface area contributed by atoms with Crippen LogP contribution in [-0.4, -0.2) is 5.91 Å². The molecule has 1 aliphatic rings. The van der Waals surface area contributed by atoms with Crippen molar-refractivity contribution in [1.82, 2.24) is 0 Å². The molecule has 28 heavy (non-hydrogen) atoms. The van der Waals surface area contributed by atoms with Gasteiger partial charge in [-0.05, 0) is 81.1 Å². The van der Waals surface area contributed by atoms with Crippen molar-refractivity contribution in [3.05, 3.63) is 89.9 Å². The highest BCUT2D eigenvalue weighted by atomic mass is 127. The maximum absolute atomic E-state index is 12.6. The van der Waals surface area contributed by atoms with Gasteiger partial charge in [-0.15, -0.1) is 0 Å². The van der Waals surface area contributed by atoms with Crippen molar-refractivity contribution in [1.29, 1.82) is 0 Å². The van der Waals surface area contributed by atoms with Crippen LogP contribution in [0.4, 0.5) is 5.69 Å². The van der Waals surface area contributed by atoms with E-state index in [1.54, 1.807) is 0 Å². The van der Waals surface area contributed by atoms with E-state index in [1.807, 2.05) is 66.7 Å². The molecule has 0 unspecified atom stereocenters. The average molecular weight is 611 g/mol. The minimum atomic E-state index is -0.0911. The standard InChI is InChI=1S/C22H15I2NO2S/c23-16-10-15(11-20-22(26)25-18-8-4-5-9-19(18)28-20)21(17(24)12-16)27-13-14-6-2-1-3-7-14/h1-12H,13H2,(H,25,26)/b20-11-. The van der Waals surface area contributed by atoms with E-state index >= 15 is 0 Å². The highest BCUT2D eigenvalue weighted by molar-refractivity contribution is 14.1. The largest absolute Gasteiger partial charge is 0.487 e. The molecule has 0 aliphatic carbocycles. The Morgan fingerprint density at radius 2 is 1.75 bits per heavy atom. The van der Waals surface area contributed by atoms with Crippen LogP contribution in [0.1, 0.15) is 11.1 Å². The van der Waals surface area contributed by atoms with Crippen LogP contribution in [0.3, 0.4) is 0 Å². The molecule has 1 N–H and O–H groups in total. The molecule has 3 aromatic carbocycles. The number of thioether (sulfide) groups is 1. The number of fused-ring (bicyclic) bond motifs is 1. The van der Waals surface area contributed by atoms with Gasteiger partial charge in [0.25, 0.3) is 5.91 Å². The number of halogens is 2. The Kier molecular flexibility index (Phi) is 6.27. The molecule has 1 heterocycles. The highest BCUT2D eigenvalue weighted by Crippen LogP contribution is 2.40. The molecule has 0 radical (unpaired) electrons. The zero-order valence-corrected chi connectivity index (χ0v) is 19.7. The Morgan fingerprint density at radius 1 is 1.00 bits per heavy atom. The number of benzene rings is 3. The Hall–Kier alpha value is -1.52. The first kappa shape index (κ1) is 19.8. The van der Waals surface area contributed by atoms with Crippen LogP contribution in [0, 0.1) is 7.14 Å².